The van der Waals surface area contributed by atoms with Crippen LogP contribution in [-0.2, 0) is 26.2 Å². The van der Waals surface area contributed by atoms with Crippen LogP contribution < -0.4 is 0 Å². The van der Waals surface area contributed by atoms with E-state index >= 15 is 0 Å². The predicted octanol–water partition coefficient (Wildman–Crippen LogP) is 2.47. The van der Waals surface area contributed by atoms with Crippen molar-refractivity contribution in [2.24, 2.45) is 7.05 Å². The fourth-order valence-corrected chi connectivity index (χ4v) is 2.38. The first kappa shape index (κ1) is 17.5. The van der Waals surface area contributed by atoms with Crippen LogP contribution in [0.15, 0.2) is 36.7 Å². The lowest BCUT2D eigenvalue weighted by Crippen LogP contribution is -2.31. The molecule has 2 rings (SSSR count). The summed E-state index contributed by atoms with van der Waals surface area (Å²) in [6.07, 6.45) is -1.12. The van der Waals surface area contributed by atoms with Gasteiger partial charge >= 0.3 is 6.18 Å². The third-order valence-corrected chi connectivity index (χ3v) is 3.61. The van der Waals surface area contributed by atoms with Crippen molar-refractivity contribution in [3.8, 4) is 0 Å². The molecule has 0 spiro atoms. The van der Waals surface area contributed by atoms with E-state index in [0.717, 1.165) is 18.0 Å². The van der Waals surface area contributed by atoms with Crippen molar-refractivity contribution in [2.45, 2.75) is 25.2 Å². The van der Waals surface area contributed by atoms with Gasteiger partial charge in [-0.1, -0.05) is 12.1 Å². The summed E-state index contributed by atoms with van der Waals surface area (Å²) in [5.41, 5.74) is -0.00136. The SMILES string of the molecule is CN(Cc1nccn1C)CC(O)Cc1ccc(C(F)(F)F)cc1. The molecule has 0 radical (unpaired) electrons. The smallest absolute Gasteiger partial charge is 0.391 e. The van der Waals surface area contributed by atoms with E-state index in [1.807, 2.05) is 29.8 Å². The van der Waals surface area contributed by atoms with Gasteiger partial charge in [0.25, 0.3) is 0 Å². The van der Waals surface area contributed by atoms with Gasteiger partial charge < -0.3 is 9.67 Å². The normalized spacial score (nSPS) is 13.5. The lowest BCUT2D eigenvalue weighted by Gasteiger charge is -2.20. The second-order valence-electron chi connectivity index (χ2n) is 5.70. The Morgan fingerprint density at radius 3 is 2.43 bits per heavy atom. The molecule has 0 aliphatic heterocycles. The molecule has 0 fully saturated rings. The van der Waals surface area contributed by atoms with Gasteiger partial charge in [0, 0.05) is 26.0 Å². The van der Waals surface area contributed by atoms with Crippen LogP contribution in [0, 0.1) is 0 Å². The van der Waals surface area contributed by atoms with Crippen LogP contribution in [0.4, 0.5) is 13.2 Å². The van der Waals surface area contributed by atoms with Gasteiger partial charge in [-0.3, -0.25) is 4.90 Å². The predicted molar refractivity (Wildman–Crippen MR) is 80.7 cm³/mol. The molecule has 0 amide bonds. The summed E-state index contributed by atoms with van der Waals surface area (Å²) in [4.78, 5) is 6.14. The Hall–Kier alpha value is -1.86. The highest BCUT2D eigenvalue weighted by Crippen LogP contribution is 2.29. The average Bonchev–Trinajstić information content (AvgIpc) is 2.83. The number of aliphatic hydroxyl groups is 1. The second kappa shape index (κ2) is 7.14. The Labute approximate surface area is 133 Å². The minimum Gasteiger partial charge on any atom is -0.391 e. The summed E-state index contributed by atoms with van der Waals surface area (Å²) in [5.74, 6) is 0.884. The lowest BCUT2D eigenvalue weighted by atomic mass is 10.1. The zero-order valence-electron chi connectivity index (χ0n) is 13.1. The van der Waals surface area contributed by atoms with Crippen LogP contribution in [0.5, 0.6) is 0 Å². The molecule has 4 nitrogen and oxygen atoms in total. The number of aromatic nitrogens is 2. The molecule has 126 valence electrons. The number of imidazole rings is 1. The van der Waals surface area contributed by atoms with Crippen molar-refractivity contribution >= 4 is 0 Å². The van der Waals surface area contributed by atoms with Crippen molar-refractivity contribution in [3.63, 3.8) is 0 Å². The van der Waals surface area contributed by atoms with E-state index in [-0.39, 0.29) is 0 Å². The lowest BCUT2D eigenvalue weighted by molar-refractivity contribution is -0.137. The highest BCUT2D eigenvalue weighted by molar-refractivity contribution is 5.25. The second-order valence-corrected chi connectivity index (χ2v) is 5.70. The molecule has 0 aliphatic rings. The number of benzene rings is 1. The quantitative estimate of drug-likeness (QED) is 0.886. The first-order chi connectivity index (χ1) is 10.8. The minimum atomic E-state index is -4.33. The zero-order chi connectivity index (χ0) is 17.0. The van der Waals surface area contributed by atoms with Gasteiger partial charge in [0.15, 0.2) is 0 Å². The summed E-state index contributed by atoms with van der Waals surface area (Å²) in [6.45, 7) is 1.00. The third-order valence-electron chi connectivity index (χ3n) is 3.61. The topological polar surface area (TPSA) is 41.3 Å². The van der Waals surface area contributed by atoms with Gasteiger partial charge in [0.2, 0.25) is 0 Å². The van der Waals surface area contributed by atoms with Crippen LogP contribution in [0.3, 0.4) is 0 Å². The van der Waals surface area contributed by atoms with Crippen LogP contribution in [0.25, 0.3) is 0 Å². The molecule has 0 saturated carbocycles. The van der Waals surface area contributed by atoms with Gasteiger partial charge in [-0.15, -0.1) is 0 Å². The number of likely N-dealkylation sites (N-methyl/N-ethyl adjacent to an activating group) is 1. The van der Waals surface area contributed by atoms with Crippen LogP contribution in [0.1, 0.15) is 17.0 Å². The Bertz CT molecular complexity index is 622. The van der Waals surface area contributed by atoms with Gasteiger partial charge in [0.05, 0.1) is 18.2 Å². The van der Waals surface area contributed by atoms with Crippen molar-refractivity contribution in [1.29, 1.82) is 0 Å². The average molecular weight is 327 g/mol. The van der Waals surface area contributed by atoms with Gasteiger partial charge in [0.1, 0.15) is 5.82 Å². The van der Waals surface area contributed by atoms with Crippen molar-refractivity contribution in [3.05, 3.63) is 53.6 Å². The standard InChI is InChI=1S/C16H20F3N3O/c1-21(11-15-20-7-8-22(15)2)10-14(23)9-12-3-5-13(6-4-12)16(17,18)19/h3-8,14,23H,9-11H2,1-2H3. The molecule has 1 aromatic carbocycles. The monoisotopic (exact) mass is 327 g/mol. The Morgan fingerprint density at radius 2 is 1.91 bits per heavy atom. The van der Waals surface area contributed by atoms with E-state index in [0.29, 0.717) is 25.1 Å². The number of halogens is 3. The molecule has 1 heterocycles. The van der Waals surface area contributed by atoms with E-state index in [4.69, 9.17) is 0 Å². The van der Waals surface area contributed by atoms with Crippen LogP contribution >= 0.6 is 0 Å². The molecule has 0 saturated heterocycles. The first-order valence-corrected chi connectivity index (χ1v) is 7.24. The largest absolute Gasteiger partial charge is 0.416 e. The van der Waals surface area contributed by atoms with Crippen LogP contribution in [0.2, 0.25) is 0 Å². The summed E-state index contributed by atoms with van der Waals surface area (Å²) < 4.78 is 39.4. The molecule has 1 aromatic heterocycles. The Balaban J connectivity index is 1.86. The Morgan fingerprint density at radius 1 is 1.26 bits per heavy atom. The molecule has 1 atom stereocenters. The number of aryl methyl sites for hydroxylation is 1. The van der Waals surface area contributed by atoms with E-state index in [1.165, 1.54) is 12.1 Å². The number of hydrogen-bond acceptors (Lipinski definition) is 3. The van der Waals surface area contributed by atoms with Crippen molar-refractivity contribution in [2.75, 3.05) is 13.6 Å². The number of nitrogens with zero attached hydrogens (tertiary/aromatic N) is 3. The number of alkyl halides is 3. The number of hydrogen-bond donors (Lipinski definition) is 1. The van der Waals surface area contributed by atoms with Crippen molar-refractivity contribution < 1.29 is 18.3 Å². The molecular weight excluding hydrogens is 307 g/mol. The molecule has 2 aromatic rings. The number of rotatable bonds is 6. The fraction of sp³-hybridized carbons (Fsp3) is 0.438. The zero-order valence-corrected chi connectivity index (χ0v) is 13.1. The first-order valence-electron chi connectivity index (χ1n) is 7.24. The minimum absolute atomic E-state index is 0.309. The number of aliphatic hydroxyl groups excluding tert-OH is 1. The highest BCUT2D eigenvalue weighted by Gasteiger charge is 2.29. The fourth-order valence-electron chi connectivity index (χ4n) is 2.38. The summed E-state index contributed by atoms with van der Waals surface area (Å²) in [6, 6.07) is 4.90. The van der Waals surface area contributed by atoms with E-state index < -0.39 is 17.8 Å². The Kier molecular flexibility index (Phi) is 5.43. The summed E-state index contributed by atoms with van der Waals surface area (Å²) in [7, 11) is 3.76. The maximum atomic E-state index is 12.5. The van der Waals surface area contributed by atoms with E-state index in [9.17, 15) is 18.3 Å². The maximum absolute atomic E-state index is 12.5. The molecule has 1 unspecified atom stereocenters. The van der Waals surface area contributed by atoms with Crippen molar-refractivity contribution in [1.82, 2.24) is 14.5 Å². The van der Waals surface area contributed by atoms with E-state index in [1.54, 1.807) is 6.20 Å². The highest BCUT2D eigenvalue weighted by atomic mass is 19.4. The maximum Gasteiger partial charge on any atom is 0.416 e. The molecule has 1 N–H and O–H groups in total. The molecule has 7 heteroatoms. The van der Waals surface area contributed by atoms with Gasteiger partial charge in [-0.25, -0.2) is 4.98 Å². The third kappa shape index (κ3) is 5.07. The molecular formula is C16H20F3N3O. The van der Waals surface area contributed by atoms with Gasteiger partial charge in [-0.05, 0) is 31.2 Å². The molecule has 0 aliphatic carbocycles. The van der Waals surface area contributed by atoms with Crippen LogP contribution in [-0.4, -0.2) is 39.3 Å². The summed E-state index contributed by atoms with van der Waals surface area (Å²) in [5, 5.41) is 10.1. The van der Waals surface area contributed by atoms with Gasteiger partial charge in [-0.2, -0.15) is 13.2 Å². The summed E-state index contributed by atoms with van der Waals surface area (Å²) >= 11 is 0. The molecule has 23 heavy (non-hydrogen) atoms. The molecule has 0 bridgehead atoms. The van der Waals surface area contributed by atoms with E-state index in [2.05, 4.69) is 4.98 Å².